The van der Waals surface area contributed by atoms with Crippen LogP contribution in [0.2, 0.25) is 10.0 Å². The second-order valence-electron chi connectivity index (χ2n) is 9.72. The molecular weight excluding hydrogens is 533 g/mol. The van der Waals surface area contributed by atoms with Gasteiger partial charge in [-0.05, 0) is 80.6 Å². The van der Waals surface area contributed by atoms with Crippen LogP contribution in [0, 0.1) is 23.1 Å². The number of fused-ring (bicyclic) bond motifs is 1. The predicted octanol–water partition coefficient (Wildman–Crippen LogP) is 7.09. The second-order valence-corrected chi connectivity index (χ2v) is 10.6. The number of halogens is 4. The van der Waals surface area contributed by atoms with Crippen LogP contribution in [0.15, 0.2) is 42.6 Å². The van der Waals surface area contributed by atoms with E-state index in [1.54, 1.807) is 24.3 Å². The lowest BCUT2D eigenvalue weighted by molar-refractivity contribution is -0.141. The first kappa shape index (κ1) is 28.1. The van der Waals surface area contributed by atoms with E-state index >= 15 is 4.39 Å². The Balaban J connectivity index is 1.43. The fourth-order valence-corrected chi connectivity index (χ4v) is 5.58. The van der Waals surface area contributed by atoms with Crippen molar-refractivity contribution >= 4 is 40.1 Å². The molecule has 1 unspecified atom stereocenters. The van der Waals surface area contributed by atoms with Gasteiger partial charge in [0, 0.05) is 27.7 Å². The molecule has 1 aliphatic heterocycles. The molecule has 1 aliphatic rings. The summed E-state index contributed by atoms with van der Waals surface area (Å²) in [4.78, 5) is 18.2. The van der Waals surface area contributed by atoms with Gasteiger partial charge in [-0.25, -0.2) is 8.78 Å². The van der Waals surface area contributed by atoms with E-state index < -0.39 is 23.4 Å². The number of ether oxygens (including phenoxy) is 1. The van der Waals surface area contributed by atoms with Crippen molar-refractivity contribution in [2.75, 3.05) is 26.7 Å². The Labute approximate surface area is 230 Å². The van der Waals surface area contributed by atoms with E-state index in [4.69, 9.17) is 27.9 Å². The number of pyridine rings is 1. The number of hydrogen-bond acceptors (Lipinski definition) is 4. The minimum absolute atomic E-state index is 0.0281. The number of alkyl halides is 1. The highest BCUT2D eigenvalue weighted by molar-refractivity contribution is 6.32. The van der Waals surface area contributed by atoms with Crippen molar-refractivity contribution in [3.8, 4) is 17.6 Å². The summed E-state index contributed by atoms with van der Waals surface area (Å²) in [7, 11) is 1.54. The van der Waals surface area contributed by atoms with Crippen molar-refractivity contribution in [2.45, 2.75) is 38.3 Å². The zero-order valence-electron chi connectivity index (χ0n) is 20.9. The molecule has 38 heavy (non-hydrogen) atoms. The van der Waals surface area contributed by atoms with E-state index in [1.165, 1.54) is 25.4 Å². The first-order valence-electron chi connectivity index (χ1n) is 12.3. The second kappa shape index (κ2) is 12.3. The summed E-state index contributed by atoms with van der Waals surface area (Å²) in [6, 6.07) is 9.40. The van der Waals surface area contributed by atoms with E-state index in [0.29, 0.717) is 66.7 Å². The highest BCUT2D eigenvalue weighted by Crippen LogP contribution is 2.44. The van der Waals surface area contributed by atoms with Crippen molar-refractivity contribution in [3.05, 3.63) is 69.6 Å². The molecule has 1 aromatic heterocycles. The molecule has 0 saturated carbocycles. The van der Waals surface area contributed by atoms with E-state index in [2.05, 4.69) is 21.7 Å². The number of methoxy groups -OCH3 is 1. The van der Waals surface area contributed by atoms with Gasteiger partial charge < -0.3 is 9.84 Å². The van der Waals surface area contributed by atoms with Gasteiger partial charge in [0.15, 0.2) is 0 Å². The molecule has 200 valence electrons. The molecular formula is C29H28Cl2F2N2O3. The summed E-state index contributed by atoms with van der Waals surface area (Å²) in [5, 5.41) is 10.7. The Bertz CT molecular complexity index is 1360. The third-order valence-corrected chi connectivity index (χ3v) is 7.67. The van der Waals surface area contributed by atoms with Gasteiger partial charge in [0.05, 0.1) is 30.6 Å². The smallest absolute Gasteiger partial charge is 0.303 e. The fraction of sp³-hybridized carbons (Fsp3) is 0.379. The number of likely N-dealkylation sites (tertiary alicyclic amines) is 1. The number of hydrogen-bond donors (Lipinski definition) is 1. The molecule has 9 heteroatoms. The number of aromatic nitrogens is 1. The third kappa shape index (κ3) is 6.93. The Kier molecular flexibility index (Phi) is 9.09. The third-order valence-electron chi connectivity index (χ3n) is 7.15. The van der Waals surface area contributed by atoms with Crippen LogP contribution >= 0.6 is 23.2 Å². The van der Waals surface area contributed by atoms with E-state index in [9.17, 15) is 14.3 Å². The van der Waals surface area contributed by atoms with Crippen LogP contribution in [0.3, 0.4) is 0 Å². The number of rotatable bonds is 8. The maximum Gasteiger partial charge on any atom is 0.303 e. The van der Waals surface area contributed by atoms with Crippen molar-refractivity contribution in [2.24, 2.45) is 5.41 Å². The first-order valence-corrected chi connectivity index (χ1v) is 13.1. The van der Waals surface area contributed by atoms with Crippen LogP contribution < -0.4 is 4.74 Å². The fourth-order valence-electron chi connectivity index (χ4n) is 5.09. The van der Waals surface area contributed by atoms with E-state index in [0.717, 1.165) is 0 Å². The number of aliphatic carboxylic acids is 1. The molecule has 0 bridgehead atoms. The largest absolute Gasteiger partial charge is 0.497 e. The number of carboxylic acids is 1. The van der Waals surface area contributed by atoms with Crippen LogP contribution in [-0.4, -0.2) is 47.7 Å². The minimum atomic E-state index is -1.38. The van der Waals surface area contributed by atoms with Crippen LogP contribution in [0.25, 0.3) is 10.9 Å². The monoisotopic (exact) mass is 560 g/mol. The van der Waals surface area contributed by atoms with Crippen LogP contribution in [0.5, 0.6) is 5.75 Å². The van der Waals surface area contributed by atoms with Crippen molar-refractivity contribution in [3.63, 3.8) is 0 Å². The Morgan fingerprint density at radius 1 is 1.24 bits per heavy atom. The molecule has 1 N–H and O–H groups in total. The Morgan fingerprint density at radius 3 is 2.68 bits per heavy atom. The molecule has 1 saturated heterocycles. The van der Waals surface area contributed by atoms with Gasteiger partial charge in [-0.2, -0.15) is 0 Å². The van der Waals surface area contributed by atoms with Gasteiger partial charge >= 0.3 is 5.97 Å². The zero-order chi connectivity index (χ0) is 27.3. The molecule has 5 nitrogen and oxygen atoms in total. The van der Waals surface area contributed by atoms with Gasteiger partial charge in [-0.15, -0.1) is 0 Å². The molecule has 0 amide bonds. The van der Waals surface area contributed by atoms with Crippen LogP contribution in [0.1, 0.15) is 49.4 Å². The standard InChI is InChI=1S/C29H28Cl2F2N2O3/c1-38-22-4-5-26-23(16-22)28(24(31)18-34-26)25(33)6-7-29(17-27(36)37)8-11-35(12-9-29)10-2-3-19-13-20(30)15-21(32)14-19/h4-5,13-16,18,25H,6-12,17H2,1H3,(H,36,37). The van der Waals surface area contributed by atoms with Crippen molar-refractivity contribution in [1.82, 2.24) is 9.88 Å². The number of nitrogens with zero attached hydrogens (tertiary/aromatic N) is 2. The van der Waals surface area contributed by atoms with Crippen LogP contribution in [-0.2, 0) is 4.79 Å². The summed E-state index contributed by atoms with van der Waals surface area (Å²) in [6.07, 6.45) is 1.81. The zero-order valence-corrected chi connectivity index (χ0v) is 22.5. The minimum Gasteiger partial charge on any atom is -0.497 e. The highest BCUT2D eigenvalue weighted by atomic mass is 35.5. The van der Waals surface area contributed by atoms with Crippen LogP contribution in [0.4, 0.5) is 8.78 Å². The van der Waals surface area contributed by atoms with Gasteiger partial charge in [-0.3, -0.25) is 14.7 Å². The normalized spacial score (nSPS) is 16.0. The summed E-state index contributed by atoms with van der Waals surface area (Å²) in [6.45, 7) is 1.74. The molecule has 1 fully saturated rings. The lowest BCUT2D eigenvalue weighted by atomic mass is 9.71. The van der Waals surface area contributed by atoms with E-state index in [-0.39, 0.29) is 22.9 Å². The molecule has 3 aromatic rings. The molecule has 2 heterocycles. The lowest BCUT2D eigenvalue weighted by Gasteiger charge is -2.41. The average Bonchev–Trinajstić information content (AvgIpc) is 2.87. The van der Waals surface area contributed by atoms with Gasteiger partial charge in [-0.1, -0.05) is 35.0 Å². The number of benzene rings is 2. The van der Waals surface area contributed by atoms with Gasteiger partial charge in [0.25, 0.3) is 0 Å². The predicted molar refractivity (Wildman–Crippen MR) is 145 cm³/mol. The number of carboxylic acid groups (broad SMARTS) is 1. The average molecular weight is 561 g/mol. The molecule has 0 radical (unpaired) electrons. The summed E-state index contributed by atoms with van der Waals surface area (Å²) >= 11 is 12.3. The van der Waals surface area contributed by atoms with Gasteiger partial charge in [0.1, 0.15) is 17.7 Å². The SMILES string of the molecule is COc1ccc2ncc(Cl)c(C(F)CCC3(CC(=O)O)CCN(CC#Cc4cc(F)cc(Cl)c4)CC3)c2c1. The molecule has 1 atom stereocenters. The Hall–Kier alpha value is -2.92. The molecule has 0 aliphatic carbocycles. The van der Waals surface area contributed by atoms with Gasteiger partial charge in [0.2, 0.25) is 0 Å². The number of piperidine rings is 1. The summed E-state index contributed by atoms with van der Waals surface area (Å²) in [5.41, 5.74) is 0.943. The maximum atomic E-state index is 15.7. The van der Waals surface area contributed by atoms with Crippen molar-refractivity contribution in [1.29, 1.82) is 0 Å². The maximum absolute atomic E-state index is 15.7. The summed E-state index contributed by atoms with van der Waals surface area (Å²) in [5.74, 6) is 5.21. The van der Waals surface area contributed by atoms with Crippen molar-refractivity contribution < 1.29 is 23.4 Å². The van der Waals surface area contributed by atoms with E-state index in [1.807, 2.05) is 0 Å². The number of carbonyl (C=O) groups is 1. The lowest BCUT2D eigenvalue weighted by Crippen LogP contribution is -2.41. The highest BCUT2D eigenvalue weighted by Gasteiger charge is 2.37. The first-order chi connectivity index (χ1) is 18.2. The molecule has 2 aromatic carbocycles. The quantitative estimate of drug-likeness (QED) is 0.298. The topological polar surface area (TPSA) is 62.7 Å². The molecule has 0 spiro atoms. The molecule has 4 rings (SSSR count). The summed E-state index contributed by atoms with van der Waals surface area (Å²) < 4.78 is 34.5. The Morgan fingerprint density at radius 2 is 2.00 bits per heavy atom.